The molecule has 0 radical (unpaired) electrons. The molecule has 1 N–H and O–H groups in total. The summed E-state index contributed by atoms with van der Waals surface area (Å²) >= 11 is 0. The van der Waals surface area contributed by atoms with Crippen LogP contribution in [0, 0.1) is 0 Å². The molecule has 120 valence electrons. The van der Waals surface area contributed by atoms with Crippen LogP contribution in [0.15, 0.2) is 36.7 Å². The summed E-state index contributed by atoms with van der Waals surface area (Å²) in [5, 5.41) is 13.6. The normalized spacial score (nSPS) is 17.5. The zero-order chi connectivity index (χ0) is 16.1. The van der Waals surface area contributed by atoms with E-state index in [1.54, 1.807) is 4.90 Å². The lowest BCUT2D eigenvalue weighted by Crippen LogP contribution is -2.37. The molecule has 1 atom stereocenters. The summed E-state index contributed by atoms with van der Waals surface area (Å²) in [6.45, 7) is 1.55. The van der Waals surface area contributed by atoms with E-state index < -0.39 is 0 Å². The topological polar surface area (TPSA) is 93.0 Å². The predicted molar refractivity (Wildman–Crippen MR) is 80.8 cm³/mol. The van der Waals surface area contributed by atoms with E-state index in [2.05, 4.69) is 20.8 Å². The van der Waals surface area contributed by atoms with Crippen LogP contribution in [-0.4, -0.2) is 49.5 Å². The van der Waals surface area contributed by atoms with Crippen molar-refractivity contribution in [2.45, 2.75) is 32.0 Å². The van der Waals surface area contributed by atoms with Crippen LogP contribution in [0.5, 0.6) is 0 Å². The highest BCUT2D eigenvalue weighted by Crippen LogP contribution is 2.15. The summed E-state index contributed by atoms with van der Waals surface area (Å²) in [5.41, 5.74) is 1.09. The third kappa shape index (κ3) is 4.12. The summed E-state index contributed by atoms with van der Waals surface area (Å²) in [5.74, 6) is -0.0282. The maximum absolute atomic E-state index is 12.1. The van der Waals surface area contributed by atoms with E-state index in [9.17, 15) is 9.59 Å². The first kappa shape index (κ1) is 15.1. The lowest BCUT2D eigenvalue weighted by Gasteiger charge is -2.17. The fourth-order valence-corrected chi connectivity index (χ4v) is 2.62. The Kier molecular flexibility index (Phi) is 4.60. The maximum atomic E-state index is 12.1. The molecule has 2 aromatic rings. The van der Waals surface area contributed by atoms with Gasteiger partial charge in [-0.05, 0) is 16.0 Å². The van der Waals surface area contributed by atoms with Gasteiger partial charge in [-0.1, -0.05) is 30.3 Å². The number of nitrogens with one attached hydrogen (secondary N) is 1. The summed E-state index contributed by atoms with van der Waals surface area (Å²) < 4.78 is 1.50. The number of aryl methyl sites for hydroxylation is 1. The number of aromatic nitrogens is 4. The third-order valence-electron chi connectivity index (χ3n) is 3.76. The van der Waals surface area contributed by atoms with Crippen molar-refractivity contribution in [1.82, 2.24) is 30.4 Å². The number of amides is 2. The molecule has 2 amide bonds. The minimum absolute atomic E-state index is 0.0691. The van der Waals surface area contributed by atoms with E-state index in [1.165, 1.54) is 11.0 Å². The Morgan fingerprint density at radius 3 is 2.87 bits per heavy atom. The standard InChI is InChI=1S/C15H18N6O2/c22-14(6-7-21-11-16-18-19-21)17-13-8-15(23)20(10-13)9-12-4-2-1-3-5-12/h1-5,11,13H,6-10H2,(H,17,22). The van der Waals surface area contributed by atoms with Gasteiger partial charge in [0.05, 0.1) is 12.6 Å². The second-order valence-electron chi connectivity index (χ2n) is 5.55. The predicted octanol–water partition coefficient (Wildman–Crippen LogP) is -0.0195. The molecule has 0 aliphatic carbocycles. The summed E-state index contributed by atoms with van der Waals surface area (Å²) in [7, 11) is 0. The van der Waals surface area contributed by atoms with Gasteiger partial charge in [0.2, 0.25) is 11.8 Å². The van der Waals surface area contributed by atoms with Gasteiger partial charge < -0.3 is 10.2 Å². The number of benzene rings is 1. The van der Waals surface area contributed by atoms with Gasteiger partial charge in [0.25, 0.3) is 0 Å². The SMILES string of the molecule is O=C(CCn1cnnn1)NC1CC(=O)N(Cc2ccccc2)C1. The second-order valence-corrected chi connectivity index (χ2v) is 5.55. The Balaban J connectivity index is 1.46. The lowest BCUT2D eigenvalue weighted by molar-refractivity contribution is -0.128. The van der Waals surface area contributed by atoms with Crippen molar-refractivity contribution in [3.05, 3.63) is 42.2 Å². The number of hydrogen-bond donors (Lipinski definition) is 1. The van der Waals surface area contributed by atoms with Crippen LogP contribution in [0.1, 0.15) is 18.4 Å². The zero-order valence-corrected chi connectivity index (χ0v) is 12.6. The molecule has 1 aliphatic heterocycles. The molecule has 1 fully saturated rings. The average Bonchev–Trinajstić information content (AvgIpc) is 3.17. The van der Waals surface area contributed by atoms with Crippen LogP contribution >= 0.6 is 0 Å². The molecule has 8 nitrogen and oxygen atoms in total. The van der Waals surface area contributed by atoms with Crippen LogP contribution in [0.25, 0.3) is 0 Å². The highest BCUT2D eigenvalue weighted by Gasteiger charge is 2.30. The number of carbonyl (C=O) groups is 2. The molecule has 1 aromatic carbocycles. The van der Waals surface area contributed by atoms with Crippen molar-refractivity contribution in [3.8, 4) is 0 Å². The third-order valence-corrected chi connectivity index (χ3v) is 3.76. The Hall–Kier alpha value is -2.77. The van der Waals surface area contributed by atoms with Gasteiger partial charge in [0.15, 0.2) is 0 Å². The molecule has 0 bridgehead atoms. The Morgan fingerprint density at radius 2 is 2.13 bits per heavy atom. The molecular formula is C15H18N6O2. The maximum Gasteiger partial charge on any atom is 0.225 e. The van der Waals surface area contributed by atoms with E-state index in [0.29, 0.717) is 26.1 Å². The fraction of sp³-hybridized carbons (Fsp3) is 0.400. The largest absolute Gasteiger partial charge is 0.351 e. The van der Waals surface area contributed by atoms with Crippen molar-refractivity contribution in [1.29, 1.82) is 0 Å². The summed E-state index contributed by atoms with van der Waals surface area (Å²) in [6, 6.07) is 9.70. The van der Waals surface area contributed by atoms with Crippen molar-refractivity contribution < 1.29 is 9.59 Å². The van der Waals surface area contributed by atoms with Gasteiger partial charge in [-0.25, -0.2) is 4.68 Å². The Morgan fingerprint density at radius 1 is 1.30 bits per heavy atom. The van der Waals surface area contributed by atoms with Gasteiger partial charge in [-0.2, -0.15) is 0 Å². The van der Waals surface area contributed by atoms with Crippen molar-refractivity contribution in [2.75, 3.05) is 6.54 Å². The number of hydrogen-bond acceptors (Lipinski definition) is 5. The highest BCUT2D eigenvalue weighted by atomic mass is 16.2. The number of tetrazole rings is 1. The van der Waals surface area contributed by atoms with Gasteiger partial charge in [-0.3, -0.25) is 9.59 Å². The molecule has 23 heavy (non-hydrogen) atoms. The number of nitrogens with zero attached hydrogens (tertiary/aromatic N) is 5. The minimum Gasteiger partial charge on any atom is -0.351 e. The molecule has 8 heteroatoms. The number of carbonyl (C=O) groups excluding carboxylic acids is 2. The zero-order valence-electron chi connectivity index (χ0n) is 12.6. The number of rotatable bonds is 6. The molecule has 1 aromatic heterocycles. The second kappa shape index (κ2) is 6.99. The molecule has 1 unspecified atom stereocenters. The number of likely N-dealkylation sites (tertiary alicyclic amines) is 1. The van der Waals surface area contributed by atoms with Crippen LogP contribution < -0.4 is 5.32 Å². The van der Waals surface area contributed by atoms with E-state index >= 15 is 0 Å². The summed E-state index contributed by atoms with van der Waals surface area (Å²) in [4.78, 5) is 25.8. The first-order chi connectivity index (χ1) is 11.2. The molecule has 1 aliphatic rings. The van der Waals surface area contributed by atoms with Crippen LogP contribution in [0.4, 0.5) is 0 Å². The Labute approximate surface area is 133 Å². The molecular weight excluding hydrogens is 296 g/mol. The monoisotopic (exact) mass is 314 g/mol. The lowest BCUT2D eigenvalue weighted by atomic mass is 10.2. The van der Waals surface area contributed by atoms with Crippen LogP contribution in [0.3, 0.4) is 0 Å². The quantitative estimate of drug-likeness (QED) is 0.809. The van der Waals surface area contributed by atoms with Gasteiger partial charge in [0, 0.05) is 25.9 Å². The first-order valence-electron chi connectivity index (χ1n) is 7.52. The van der Waals surface area contributed by atoms with E-state index in [0.717, 1.165) is 5.56 Å². The van der Waals surface area contributed by atoms with E-state index in [-0.39, 0.29) is 24.3 Å². The van der Waals surface area contributed by atoms with Gasteiger partial charge in [-0.15, -0.1) is 5.10 Å². The van der Waals surface area contributed by atoms with Crippen LogP contribution in [0.2, 0.25) is 0 Å². The highest BCUT2D eigenvalue weighted by molar-refractivity contribution is 5.82. The first-order valence-corrected chi connectivity index (χ1v) is 7.52. The minimum atomic E-state index is -0.132. The molecule has 2 heterocycles. The Bertz CT molecular complexity index is 658. The summed E-state index contributed by atoms with van der Waals surface area (Å²) in [6.07, 6.45) is 2.10. The van der Waals surface area contributed by atoms with Crippen molar-refractivity contribution in [3.63, 3.8) is 0 Å². The van der Waals surface area contributed by atoms with Crippen molar-refractivity contribution in [2.24, 2.45) is 0 Å². The molecule has 1 saturated heterocycles. The van der Waals surface area contributed by atoms with Crippen LogP contribution in [-0.2, 0) is 22.7 Å². The smallest absolute Gasteiger partial charge is 0.225 e. The molecule has 0 spiro atoms. The fourth-order valence-electron chi connectivity index (χ4n) is 2.62. The van der Waals surface area contributed by atoms with Gasteiger partial charge >= 0.3 is 0 Å². The average molecular weight is 314 g/mol. The van der Waals surface area contributed by atoms with E-state index in [1.807, 2.05) is 30.3 Å². The van der Waals surface area contributed by atoms with Crippen molar-refractivity contribution >= 4 is 11.8 Å². The molecule has 0 saturated carbocycles. The van der Waals surface area contributed by atoms with E-state index in [4.69, 9.17) is 0 Å². The van der Waals surface area contributed by atoms with Gasteiger partial charge in [0.1, 0.15) is 6.33 Å². The molecule has 3 rings (SSSR count).